The second-order valence-corrected chi connectivity index (χ2v) is 7.73. The van der Waals surface area contributed by atoms with Gasteiger partial charge in [0, 0.05) is 43.1 Å². The molecule has 0 N–H and O–H groups in total. The summed E-state index contributed by atoms with van der Waals surface area (Å²) in [6.45, 7) is 1.47. The monoisotopic (exact) mass is 368 g/mol. The Morgan fingerprint density at radius 3 is 2.46 bits per heavy atom. The van der Waals surface area contributed by atoms with E-state index in [4.69, 9.17) is 0 Å². The first kappa shape index (κ1) is 18.5. The van der Waals surface area contributed by atoms with Crippen LogP contribution in [-0.4, -0.2) is 54.0 Å². The first-order valence-corrected chi connectivity index (χ1v) is 9.86. The molecule has 1 aliphatic heterocycles. The van der Waals surface area contributed by atoms with Gasteiger partial charge in [-0.2, -0.15) is 0 Å². The van der Waals surface area contributed by atoms with Crippen molar-refractivity contribution in [3.05, 3.63) is 66.2 Å². The third-order valence-corrected chi connectivity index (χ3v) is 5.67. The maximum atomic E-state index is 12.5. The Labute approximate surface area is 159 Å². The van der Waals surface area contributed by atoms with Gasteiger partial charge in [0.1, 0.15) is 0 Å². The molecule has 0 saturated carbocycles. The Kier molecular flexibility index (Phi) is 6.34. The van der Waals surface area contributed by atoms with Crippen LogP contribution in [0.2, 0.25) is 0 Å². The molecule has 4 nitrogen and oxygen atoms in total. The molecule has 5 heteroatoms. The van der Waals surface area contributed by atoms with E-state index in [0.717, 1.165) is 5.75 Å². The van der Waals surface area contributed by atoms with E-state index in [-0.39, 0.29) is 24.3 Å². The van der Waals surface area contributed by atoms with Crippen LogP contribution in [0.25, 0.3) is 0 Å². The number of carbonyl (C=O) groups is 2. The van der Waals surface area contributed by atoms with Gasteiger partial charge in [-0.15, -0.1) is 11.8 Å². The summed E-state index contributed by atoms with van der Waals surface area (Å²) in [5, 5.41) is 0. The molecule has 0 aromatic heterocycles. The topological polar surface area (TPSA) is 40.6 Å². The van der Waals surface area contributed by atoms with Crippen LogP contribution in [0.3, 0.4) is 0 Å². The molecule has 1 saturated heterocycles. The summed E-state index contributed by atoms with van der Waals surface area (Å²) in [4.78, 5) is 29.3. The van der Waals surface area contributed by atoms with Gasteiger partial charge in [-0.25, -0.2) is 0 Å². The van der Waals surface area contributed by atoms with Gasteiger partial charge in [-0.1, -0.05) is 48.5 Å². The standard InChI is InChI=1S/C21H24N2O2S/c1-22(12-13-26-19-10-6-3-7-11-19)21(25)16-23-15-18(14-20(23)24)17-8-4-2-5-9-17/h2-11,18H,12-16H2,1H3/t18-/m1/s1. The fourth-order valence-electron chi connectivity index (χ4n) is 3.10. The van der Waals surface area contributed by atoms with Gasteiger partial charge in [0.25, 0.3) is 0 Å². The number of rotatable bonds is 7. The number of benzene rings is 2. The number of carbonyl (C=O) groups excluding carboxylic acids is 2. The molecular weight excluding hydrogens is 344 g/mol. The summed E-state index contributed by atoms with van der Waals surface area (Å²) >= 11 is 1.73. The Bertz CT molecular complexity index is 736. The van der Waals surface area contributed by atoms with Crippen LogP contribution in [0.15, 0.2) is 65.6 Å². The first-order valence-electron chi connectivity index (χ1n) is 8.88. The van der Waals surface area contributed by atoms with Crippen molar-refractivity contribution in [2.75, 3.05) is 32.4 Å². The zero-order valence-corrected chi connectivity index (χ0v) is 15.8. The maximum Gasteiger partial charge on any atom is 0.241 e. The van der Waals surface area contributed by atoms with Gasteiger partial charge in [0.15, 0.2) is 0 Å². The van der Waals surface area contributed by atoms with E-state index in [1.54, 1.807) is 21.6 Å². The highest BCUT2D eigenvalue weighted by Gasteiger charge is 2.32. The molecule has 1 aliphatic rings. The Balaban J connectivity index is 1.45. The normalized spacial score (nSPS) is 16.7. The van der Waals surface area contributed by atoms with Gasteiger partial charge in [-0.05, 0) is 17.7 Å². The maximum absolute atomic E-state index is 12.5. The molecule has 0 unspecified atom stereocenters. The first-order chi connectivity index (χ1) is 12.6. The highest BCUT2D eigenvalue weighted by Crippen LogP contribution is 2.27. The predicted octanol–water partition coefficient (Wildman–Crippen LogP) is 3.25. The van der Waals surface area contributed by atoms with Crippen LogP contribution < -0.4 is 0 Å². The average Bonchev–Trinajstić information content (AvgIpc) is 3.03. The quantitative estimate of drug-likeness (QED) is 0.705. The number of hydrogen-bond donors (Lipinski definition) is 0. The molecule has 0 bridgehead atoms. The lowest BCUT2D eigenvalue weighted by Crippen LogP contribution is -2.39. The van der Waals surface area contributed by atoms with Crippen molar-refractivity contribution >= 4 is 23.6 Å². The lowest BCUT2D eigenvalue weighted by Gasteiger charge is -2.22. The number of hydrogen-bond acceptors (Lipinski definition) is 3. The molecule has 0 aliphatic carbocycles. The Morgan fingerprint density at radius 2 is 1.77 bits per heavy atom. The SMILES string of the molecule is CN(CCSc1ccccc1)C(=O)CN1C[C@H](c2ccccc2)CC1=O. The second kappa shape index (κ2) is 8.90. The van der Waals surface area contributed by atoms with Crippen molar-refractivity contribution in [1.82, 2.24) is 9.80 Å². The van der Waals surface area contributed by atoms with Crippen LogP contribution in [0, 0.1) is 0 Å². The minimum atomic E-state index is 0.000670. The summed E-state index contributed by atoms with van der Waals surface area (Å²) in [5.74, 6) is 1.10. The van der Waals surface area contributed by atoms with E-state index in [1.165, 1.54) is 10.5 Å². The zero-order chi connectivity index (χ0) is 18.4. The van der Waals surface area contributed by atoms with Crippen molar-refractivity contribution in [3.63, 3.8) is 0 Å². The summed E-state index contributed by atoms with van der Waals surface area (Å²) in [7, 11) is 1.81. The second-order valence-electron chi connectivity index (χ2n) is 6.56. The zero-order valence-electron chi connectivity index (χ0n) is 15.0. The molecule has 1 fully saturated rings. The van der Waals surface area contributed by atoms with Gasteiger partial charge >= 0.3 is 0 Å². The van der Waals surface area contributed by atoms with Crippen LogP contribution >= 0.6 is 11.8 Å². The van der Waals surface area contributed by atoms with Gasteiger partial charge in [-0.3, -0.25) is 9.59 Å². The van der Waals surface area contributed by atoms with Crippen LogP contribution in [0.4, 0.5) is 0 Å². The number of thioether (sulfide) groups is 1. The molecule has 0 radical (unpaired) electrons. The van der Waals surface area contributed by atoms with Crippen molar-refractivity contribution in [1.29, 1.82) is 0 Å². The molecule has 0 spiro atoms. The van der Waals surface area contributed by atoms with Crippen molar-refractivity contribution in [2.24, 2.45) is 0 Å². The van der Waals surface area contributed by atoms with Crippen molar-refractivity contribution < 1.29 is 9.59 Å². The average molecular weight is 369 g/mol. The van der Waals surface area contributed by atoms with Crippen LogP contribution in [-0.2, 0) is 9.59 Å². The molecule has 26 heavy (non-hydrogen) atoms. The van der Waals surface area contributed by atoms with Crippen LogP contribution in [0.5, 0.6) is 0 Å². The fraction of sp³-hybridized carbons (Fsp3) is 0.333. The largest absolute Gasteiger partial charge is 0.343 e. The molecule has 3 rings (SSSR count). The smallest absolute Gasteiger partial charge is 0.241 e. The van der Waals surface area contributed by atoms with E-state index < -0.39 is 0 Å². The third-order valence-electron chi connectivity index (χ3n) is 4.68. The molecular formula is C21H24N2O2S. The molecule has 1 atom stereocenters. The fourth-order valence-corrected chi connectivity index (χ4v) is 4.05. The van der Waals surface area contributed by atoms with E-state index >= 15 is 0 Å². The Hall–Kier alpha value is -2.27. The van der Waals surface area contributed by atoms with E-state index in [2.05, 4.69) is 24.3 Å². The molecule has 2 aromatic rings. The Morgan fingerprint density at radius 1 is 1.12 bits per heavy atom. The van der Waals surface area contributed by atoms with E-state index in [0.29, 0.717) is 19.5 Å². The number of amides is 2. The summed E-state index contributed by atoms with van der Waals surface area (Å²) in [6, 6.07) is 20.2. The van der Waals surface area contributed by atoms with E-state index in [9.17, 15) is 9.59 Å². The summed E-state index contributed by atoms with van der Waals surface area (Å²) in [6.07, 6.45) is 0.491. The summed E-state index contributed by atoms with van der Waals surface area (Å²) in [5.41, 5.74) is 1.17. The number of likely N-dealkylation sites (N-methyl/N-ethyl adjacent to an activating group) is 1. The van der Waals surface area contributed by atoms with E-state index in [1.807, 2.05) is 43.4 Å². The highest BCUT2D eigenvalue weighted by molar-refractivity contribution is 7.99. The lowest BCUT2D eigenvalue weighted by molar-refractivity contribution is -0.137. The summed E-state index contributed by atoms with van der Waals surface area (Å²) < 4.78 is 0. The third kappa shape index (κ3) is 4.88. The van der Waals surface area contributed by atoms with Gasteiger partial charge < -0.3 is 9.80 Å². The van der Waals surface area contributed by atoms with Crippen molar-refractivity contribution in [2.45, 2.75) is 17.2 Å². The van der Waals surface area contributed by atoms with Gasteiger partial charge in [0.05, 0.1) is 6.54 Å². The molecule has 1 heterocycles. The predicted molar refractivity (Wildman–Crippen MR) is 105 cm³/mol. The molecule has 2 amide bonds. The molecule has 2 aromatic carbocycles. The minimum absolute atomic E-state index is 0.000670. The molecule has 136 valence electrons. The highest BCUT2D eigenvalue weighted by atomic mass is 32.2. The van der Waals surface area contributed by atoms with Crippen LogP contribution in [0.1, 0.15) is 17.9 Å². The number of likely N-dealkylation sites (tertiary alicyclic amines) is 1. The van der Waals surface area contributed by atoms with Gasteiger partial charge in [0.2, 0.25) is 11.8 Å². The minimum Gasteiger partial charge on any atom is -0.343 e. The lowest BCUT2D eigenvalue weighted by atomic mass is 9.99. The number of nitrogens with zero attached hydrogens (tertiary/aromatic N) is 2. The van der Waals surface area contributed by atoms with Crippen molar-refractivity contribution in [3.8, 4) is 0 Å².